The Hall–Kier alpha value is -1.67. The van der Waals surface area contributed by atoms with Gasteiger partial charge in [-0.15, -0.1) is 0 Å². The molecule has 0 atom stereocenters. The SMILES string of the molecule is Cc1nn(C)c(C)c1CN1CCN(C(=O)c2nn(C)c(C)c2Br)CC1. The van der Waals surface area contributed by atoms with Crippen molar-refractivity contribution < 1.29 is 4.79 Å². The highest BCUT2D eigenvalue weighted by atomic mass is 79.9. The molecule has 7 nitrogen and oxygen atoms in total. The number of hydrogen-bond acceptors (Lipinski definition) is 4. The van der Waals surface area contributed by atoms with Gasteiger partial charge in [0.1, 0.15) is 0 Å². The fraction of sp³-hybridized carbons (Fsp3) is 0.588. The summed E-state index contributed by atoms with van der Waals surface area (Å²) >= 11 is 3.49. The van der Waals surface area contributed by atoms with E-state index >= 15 is 0 Å². The first-order chi connectivity index (χ1) is 11.8. The summed E-state index contributed by atoms with van der Waals surface area (Å²) in [5, 5.41) is 8.84. The van der Waals surface area contributed by atoms with E-state index in [1.807, 2.05) is 30.6 Å². The molecule has 3 heterocycles. The van der Waals surface area contributed by atoms with Crippen molar-refractivity contribution in [2.45, 2.75) is 27.3 Å². The van der Waals surface area contributed by atoms with Crippen LogP contribution in [0.25, 0.3) is 0 Å². The Bertz CT molecular complexity index is 801. The number of halogens is 1. The molecule has 1 saturated heterocycles. The number of aromatic nitrogens is 4. The summed E-state index contributed by atoms with van der Waals surface area (Å²) in [5.41, 5.74) is 5.07. The van der Waals surface area contributed by atoms with Gasteiger partial charge in [-0.3, -0.25) is 19.1 Å². The molecule has 0 aliphatic carbocycles. The van der Waals surface area contributed by atoms with E-state index in [9.17, 15) is 4.79 Å². The van der Waals surface area contributed by atoms with Crippen LogP contribution in [0.1, 0.15) is 33.1 Å². The van der Waals surface area contributed by atoms with Gasteiger partial charge in [0.05, 0.1) is 15.9 Å². The third-order valence-electron chi connectivity index (χ3n) is 5.16. The Labute approximate surface area is 156 Å². The highest BCUT2D eigenvalue weighted by Crippen LogP contribution is 2.22. The summed E-state index contributed by atoms with van der Waals surface area (Å²) in [6.07, 6.45) is 0. The van der Waals surface area contributed by atoms with Crippen LogP contribution in [0.15, 0.2) is 4.47 Å². The van der Waals surface area contributed by atoms with E-state index in [-0.39, 0.29) is 5.91 Å². The largest absolute Gasteiger partial charge is 0.335 e. The van der Waals surface area contributed by atoms with E-state index in [0.717, 1.165) is 48.6 Å². The third-order valence-corrected chi connectivity index (χ3v) is 6.11. The number of carbonyl (C=O) groups excluding carboxylic acids is 1. The number of rotatable bonds is 3. The van der Waals surface area contributed by atoms with Crippen molar-refractivity contribution in [2.24, 2.45) is 14.1 Å². The molecule has 0 N–H and O–H groups in total. The van der Waals surface area contributed by atoms with Crippen LogP contribution in [-0.4, -0.2) is 61.4 Å². The highest BCUT2D eigenvalue weighted by Gasteiger charge is 2.27. The Morgan fingerprint density at radius 1 is 1.00 bits per heavy atom. The predicted octanol–water partition coefficient (Wildman–Crippen LogP) is 1.80. The Morgan fingerprint density at radius 2 is 1.60 bits per heavy atom. The summed E-state index contributed by atoms with van der Waals surface area (Å²) in [4.78, 5) is 17.0. The van der Waals surface area contributed by atoms with Crippen molar-refractivity contribution in [3.8, 4) is 0 Å². The van der Waals surface area contributed by atoms with Crippen LogP contribution in [-0.2, 0) is 20.6 Å². The molecule has 2 aromatic heterocycles. The molecule has 25 heavy (non-hydrogen) atoms. The molecule has 0 bridgehead atoms. The van der Waals surface area contributed by atoms with Gasteiger partial charge in [-0.05, 0) is 36.7 Å². The lowest BCUT2D eigenvalue weighted by atomic mass is 10.1. The number of aryl methyl sites for hydroxylation is 3. The maximum absolute atomic E-state index is 12.8. The van der Waals surface area contributed by atoms with Crippen molar-refractivity contribution in [3.05, 3.63) is 32.8 Å². The quantitative estimate of drug-likeness (QED) is 0.776. The predicted molar refractivity (Wildman–Crippen MR) is 99.5 cm³/mol. The molecule has 2 aromatic rings. The molecule has 0 saturated carbocycles. The van der Waals surface area contributed by atoms with E-state index in [1.54, 1.807) is 4.68 Å². The maximum Gasteiger partial charge on any atom is 0.275 e. The topological polar surface area (TPSA) is 59.2 Å². The van der Waals surface area contributed by atoms with Crippen molar-refractivity contribution in [2.75, 3.05) is 26.2 Å². The number of amides is 1. The smallest absolute Gasteiger partial charge is 0.275 e. The zero-order valence-corrected chi connectivity index (χ0v) is 17.1. The normalized spacial score (nSPS) is 15.8. The molecule has 0 radical (unpaired) electrons. The fourth-order valence-electron chi connectivity index (χ4n) is 3.25. The molecular formula is C17H25BrN6O. The fourth-order valence-corrected chi connectivity index (χ4v) is 3.75. The van der Waals surface area contributed by atoms with Gasteiger partial charge in [0, 0.05) is 58.1 Å². The number of carbonyl (C=O) groups is 1. The van der Waals surface area contributed by atoms with E-state index in [0.29, 0.717) is 5.69 Å². The molecule has 136 valence electrons. The van der Waals surface area contributed by atoms with E-state index in [1.165, 1.54) is 11.3 Å². The van der Waals surface area contributed by atoms with Gasteiger partial charge in [0.15, 0.2) is 5.69 Å². The standard InChI is InChI=1S/C17H25BrN6O/c1-11-14(12(2)21(4)19-11)10-23-6-8-24(9-7-23)17(25)16-15(18)13(3)22(5)20-16/h6-10H2,1-5H3. The zero-order chi connectivity index (χ0) is 18.3. The van der Waals surface area contributed by atoms with Crippen molar-refractivity contribution >= 4 is 21.8 Å². The maximum atomic E-state index is 12.8. The molecule has 0 aromatic carbocycles. The summed E-state index contributed by atoms with van der Waals surface area (Å²) in [6.45, 7) is 10.2. The van der Waals surface area contributed by atoms with Gasteiger partial charge in [0.25, 0.3) is 5.91 Å². The van der Waals surface area contributed by atoms with Crippen molar-refractivity contribution in [1.82, 2.24) is 29.4 Å². The average molecular weight is 409 g/mol. The van der Waals surface area contributed by atoms with Crippen molar-refractivity contribution in [3.63, 3.8) is 0 Å². The Morgan fingerprint density at radius 3 is 2.08 bits per heavy atom. The molecular weight excluding hydrogens is 384 g/mol. The molecule has 0 spiro atoms. The molecule has 3 rings (SSSR count). The monoisotopic (exact) mass is 408 g/mol. The lowest BCUT2D eigenvalue weighted by Crippen LogP contribution is -2.48. The van der Waals surface area contributed by atoms with Gasteiger partial charge >= 0.3 is 0 Å². The minimum atomic E-state index is 0.00367. The summed E-state index contributed by atoms with van der Waals surface area (Å²) in [6, 6.07) is 0. The van der Waals surface area contributed by atoms with Crippen LogP contribution in [0.5, 0.6) is 0 Å². The minimum absolute atomic E-state index is 0.00367. The molecule has 1 aliphatic rings. The van der Waals surface area contributed by atoms with Crippen LogP contribution >= 0.6 is 15.9 Å². The van der Waals surface area contributed by atoms with Crippen LogP contribution in [0, 0.1) is 20.8 Å². The van der Waals surface area contributed by atoms with Gasteiger partial charge in [-0.25, -0.2) is 0 Å². The number of hydrogen-bond donors (Lipinski definition) is 0. The van der Waals surface area contributed by atoms with Crippen LogP contribution in [0.3, 0.4) is 0 Å². The molecule has 8 heteroatoms. The second-order valence-corrected chi connectivity index (χ2v) is 7.51. The molecule has 1 fully saturated rings. The number of nitrogens with zero attached hydrogens (tertiary/aromatic N) is 6. The Kier molecular flexibility index (Phi) is 5.02. The molecule has 0 unspecified atom stereocenters. The summed E-state index contributed by atoms with van der Waals surface area (Å²) in [7, 11) is 3.84. The first-order valence-corrected chi connectivity index (χ1v) is 9.28. The van der Waals surface area contributed by atoms with E-state index < -0.39 is 0 Å². The first kappa shape index (κ1) is 18.1. The second kappa shape index (κ2) is 6.92. The van der Waals surface area contributed by atoms with Crippen molar-refractivity contribution in [1.29, 1.82) is 0 Å². The van der Waals surface area contributed by atoms with Crippen LogP contribution in [0.2, 0.25) is 0 Å². The lowest BCUT2D eigenvalue weighted by molar-refractivity contribution is 0.0620. The van der Waals surface area contributed by atoms with Gasteiger partial charge < -0.3 is 4.90 Å². The third kappa shape index (κ3) is 3.37. The molecule has 1 aliphatic heterocycles. The second-order valence-electron chi connectivity index (χ2n) is 6.71. The number of piperazine rings is 1. The van der Waals surface area contributed by atoms with E-state index in [4.69, 9.17) is 0 Å². The average Bonchev–Trinajstić information content (AvgIpc) is 2.99. The van der Waals surface area contributed by atoms with Gasteiger partial charge in [0.2, 0.25) is 0 Å². The van der Waals surface area contributed by atoms with Gasteiger partial charge in [-0.1, -0.05) is 0 Å². The first-order valence-electron chi connectivity index (χ1n) is 8.49. The summed E-state index contributed by atoms with van der Waals surface area (Å²) in [5.74, 6) is 0.00367. The highest BCUT2D eigenvalue weighted by molar-refractivity contribution is 9.10. The lowest BCUT2D eigenvalue weighted by Gasteiger charge is -2.34. The zero-order valence-electron chi connectivity index (χ0n) is 15.5. The Balaban J connectivity index is 1.63. The molecule has 1 amide bonds. The van der Waals surface area contributed by atoms with E-state index in [2.05, 4.69) is 44.9 Å². The van der Waals surface area contributed by atoms with Gasteiger partial charge in [-0.2, -0.15) is 10.2 Å². The minimum Gasteiger partial charge on any atom is -0.335 e. The summed E-state index contributed by atoms with van der Waals surface area (Å²) < 4.78 is 4.47. The van der Waals surface area contributed by atoms with Crippen LogP contribution in [0.4, 0.5) is 0 Å². The van der Waals surface area contributed by atoms with Crippen LogP contribution < -0.4 is 0 Å².